The van der Waals surface area contributed by atoms with Gasteiger partial charge in [0.2, 0.25) is 0 Å². The van der Waals surface area contributed by atoms with Crippen LogP contribution in [0.4, 0.5) is 0 Å². The van der Waals surface area contributed by atoms with Gasteiger partial charge in [-0.25, -0.2) is 0 Å². The van der Waals surface area contributed by atoms with Crippen LogP contribution in [0.25, 0.3) is 0 Å². The predicted molar refractivity (Wildman–Crippen MR) is 54.1 cm³/mol. The third-order valence-electron chi connectivity index (χ3n) is 2.08. The van der Waals surface area contributed by atoms with Gasteiger partial charge >= 0.3 is 0 Å². The van der Waals surface area contributed by atoms with E-state index in [1.807, 2.05) is 6.92 Å². The van der Waals surface area contributed by atoms with Gasteiger partial charge in [0, 0.05) is 25.9 Å². The fourth-order valence-electron chi connectivity index (χ4n) is 1.30. The van der Waals surface area contributed by atoms with Gasteiger partial charge in [-0.15, -0.1) is 0 Å². The van der Waals surface area contributed by atoms with Crippen molar-refractivity contribution in [2.75, 3.05) is 19.7 Å². The second-order valence-corrected chi connectivity index (χ2v) is 3.05. The number of rotatable bonds is 5. The zero-order valence-corrected chi connectivity index (χ0v) is 8.36. The largest absolute Gasteiger partial charge is 0.396 e. The lowest BCUT2D eigenvalue weighted by atomic mass is 10.3. The molecule has 0 bridgehead atoms. The summed E-state index contributed by atoms with van der Waals surface area (Å²) in [5.41, 5.74) is 0.602. The molecule has 1 aromatic rings. The predicted octanol–water partition coefficient (Wildman–Crippen LogP) is 0.859. The Morgan fingerprint density at radius 3 is 2.93 bits per heavy atom. The minimum Gasteiger partial charge on any atom is -0.396 e. The van der Waals surface area contributed by atoms with E-state index in [4.69, 9.17) is 5.11 Å². The van der Waals surface area contributed by atoms with Crippen LogP contribution in [0.2, 0.25) is 0 Å². The van der Waals surface area contributed by atoms with Crippen molar-refractivity contribution in [3.63, 3.8) is 0 Å². The van der Waals surface area contributed by atoms with Gasteiger partial charge in [-0.2, -0.15) is 0 Å². The number of aromatic amines is 1. The fourth-order valence-corrected chi connectivity index (χ4v) is 1.30. The van der Waals surface area contributed by atoms with E-state index >= 15 is 0 Å². The van der Waals surface area contributed by atoms with Crippen LogP contribution in [-0.4, -0.2) is 40.6 Å². The van der Waals surface area contributed by atoms with E-state index in [0.29, 0.717) is 25.2 Å². The van der Waals surface area contributed by atoms with Crippen LogP contribution in [-0.2, 0) is 0 Å². The Morgan fingerprint density at radius 1 is 1.64 bits per heavy atom. The minimum atomic E-state index is -0.00838. The molecule has 2 N–H and O–H groups in total. The molecule has 4 nitrogen and oxygen atoms in total. The molecule has 0 aromatic carbocycles. The van der Waals surface area contributed by atoms with Crippen LogP contribution in [0.1, 0.15) is 23.8 Å². The number of hydrogen-bond donors (Lipinski definition) is 2. The van der Waals surface area contributed by atoms with Crippen molar-refractivity contribution in [2.45, 2.75) is 13.3 Å². The molecule has 0 radical (unpaired) electrons. The summed E-state index contributed by atoms with van der Waals surface area (Å²) in [5, 5.41) is 8.68. The van der Waals surface area contributed by atoms with Crippen LogP contribution in [0.3, 0.4) is 0 Å². The summed E-state index contributed by atoms with van der Waals surface area (Å²) in [6, 6.07) is 3.55. The van der Waals surface area contributed by atoms with Crippen LogP contribution in [0.15, 0.2) is 18.3 Å². The van der Waals surface area contributed by atoms with Gasteiger partial charge in [0.15, 0.2) is 0 Å². The topological polar surface area (TPSA) is 56.3 Å². The lowest BCUT2D eigenvalue weighted by molar-refractivity contribution is 0.0749. The molecule has 0 aliphatic carbocycles. The molecule has 0 spiro atoms. The second kappa shape index (κ2) is 5.44. The molecule has 0 atom stereocenters. The third-order valence-corrected chi connectivity index (χ3v) is 2.08. The molecule has 0 saturated heterocycles. The molecule has 0 aliphatic heterocycles. The molecular formula is C10H16N2O2. The van der Waals surface area contributed by atoms with Crippen LogP contribution < -0.4 is 0 Å². The number of aromatic nitrogens is 1. The van der Waals surface area contributed by atoms with E-state index in [2.05, 4.69) is 4.98 Å². The number of hydrogen-bond acceptors (Lipinski definition) is 2. The lowest BCUT2D eigenvalue weighted by Crippen LogP contribution is -2.32. The van der Waals surface area contributed by atoms with E-state index in [0.717, 1.165) is 0 Å². The maximum Gasteiger partial charge on any atom is 0.270 e. The summed E-state index contributed by atoms with van der Waals surface area (Å²) < 4.78 is 0. The van der Waals surface area contributed by atoms with E-state index in [1.54, 1.807) is 23.2 Å². The van der Waals surface area contributed by atoms with Crippen molar-refractivity contribution in [1.29, 1.82) is 0 Å². The molecule has 0 unspecified atom stereocenters. The first-order valence-electron chi connectivity index (χ1n) is 4.83. The molecule has 78 valence electrons. The van der Waals surface area contributed by atoms with E-state index < -0.39 is 0 Å². The first-order valence-corrected chi connectivity index (χ1v) is 4.83. The fraction of sp³-hybridized carbons (Fsp3) is 0.500. The minimum absolute atomic E-state index is 0.00838. The molecule has 0 aliphatic rings. The first-order chi connectivity index (χ1) is 6.79. The molecule has 0 saturated carbocycles. The lowest BCUT2D eigenvalue weighted by Gasteiger charge is -2.19. The van der Waals surface area contributed by atoms with Crippen molar-refractivity contribution in [3.8, 4) is 0 Å². The Morgan fingerprint density at radius 2 is 2.43 bits per heavy atom. The van der Waals surface area contributed by atoms with Crippen molar-refractivity contribution >= 4 is 5.91 Å². The maximum atomic E-state index is 11.8. The highest BCUT2D eigenvalue weighted by Crippen LogP contribution is 2.02. The number of nitrogens with zero attached hydrogens (tertiary/aromatic N) is 1. The zero-order chi connectivity index (χ0) is 10.4. The second-order valence-electron chi connectivity index (χ2n) is 3.05. The summed E-state index contributed by atoms with van der Waals surface area (Å²) in [7, 11) is 0. The smallest absolute Gasteiger partial charge is 0.270 e. The van der Waals surface area contributed by atoms with Crippen LogP contribution in [0.5, 0.6) is 0 Å². The SMILES string of the molecule is CCN(CCCO)C(=O)c1ccc[nH]1. The van der Waals surface area contributed by atoms with Gasteiger partial charge in [0.05, 0.1) is 0 Å². The number of carbonyl (C=O) groups excluding carboxylic acids is 1. The molecule has 1 aromatic heterocycles. The number of carbonyl (C=O) groups is 1. The highest BCUT2D eigenvalue weighted by atomic mass is 16.3. The zero-order valence-electron chi connectivity index (χ0n) is 8.36. The van der Waals surface area contributed by atoms with Crippen molar-refractivity contribution in [3.05, 3.63) is 24.0 Å². The highest BCUT2D eigenvalue weighted by molar-refractivity contribution is 5.92. The summed E-state index contributed by atoms with van der Waals surface area (Å²) in [4.78, 5) is 16.3. The maximum absolute atomic E-state index is 11.8. The summed E-state index contributed by atoms with van der Waals surface area (Å²) in [6.45, 7) is 3.31. The van der Waals surface area contributed by atoms with Crippen molar-refractivity contribution in [1.82, 2.24) is 9.88 Å². The van der Waals surface area contributed by atoms with E-state index in [1.165, 1.54) is 0 Å². The van der Waals surface area contributed by atoms with Gasteiger partial charge in [-0.3, -0.25) is 4.79 Å². The van der Waals surface area contributed by atoms with Gasteiger partial charge < -0.3 is 15.0 Å². The monoisotopic (exact) mass is 196 g/mol. The average Bonchev–Trinajstić information content (AvgIpc) is 2.71. The summed E-state index contributed by atoms with van der Waals surface area (Å²) in [5.74, 6) is -0.00838. The Bertz CT molecular complexity index is 270. The Balaban J connectivity index is 2.56. The van der Waals surface area contributed by atoms with E-state index in [9.17, 15) is 4.79 Å². The standard InChI is InChI=1S/C10H16N2O2/c1-2-12(7-4-8-13)10(14)9-5-3-6-11-9/h3,5-6,11,13H,2,4,7-8H2,1H3. The molecule has 1 amide bonds. The van der Waals surface area contributed by atoms with Gasteiger partial charge in [-0.05, 0) is 25.5 Å². The number of aliphatic hydroxyl groups is 1. The number of H-pyrrole nitrogens is 1. The van der Waals surface area contributed by atoms with Gasteiger partial charge in [0.1, 0.15) is 5.69 Å². The third kappa shape index (κ3) is 2.60. The molecule has 1 rings (SSSR count). The van der Waals surface area contributed by atoms with Crippen LogP contribution in [0, 0.1) is 0 Å². The number of aliphatic hydroxyl groups excluding tert-OH is 1. The number of nitrogens with one attached hydrogen (secondary N) is 1. The molecule has 4 heteroatoms. The van der Waals surface area contributed by atoms with Crippen molar-refractivity contribution < 1.29 is 9.90 Å². The quantitative estimate of drug-likeness (QED) is 0.733. The van der Waals surface area contributed by atoms with Gasteiger partial charge in [-0.1, -0.05) is 0 Å². The molecular weight excluding hydrogens is 180 g/mol. The van der Waals surface area contributed by atoms with Crippen LogP contribution >= 0.6 is 0 Å². The average molecular weight is 196 g/mol. The Hall–Kier alpha value is -1.29. The molecule has 0 fully saturated rings. The summed E-state index contributed by atoms with van der Waals surface area (Å²) >= 11 is 0. The molecule has 14 heavy (non-hydrogen) atoms. The van der Waals surface area contributed by atoms with Crippen molar-refractivity contribution in [2.24, 2.45) is 0 Å². The molecule has 1 heterocycles. The Kier molecular flexibility index (Phi) is 4.19. The number of amides is 1. The van der Waals surface area contributed by atoms with Gasteiger partial charge in [0.25, 0.3) is 5.91 Å². The Labute approximate surface area is 83.5 Å². The summed E-state index contributed by atoms with van der Waals surface area (Å²) in [6.07, 6.45) is 2.35. The normalized spacial score (nSPS) is 10.1. The first kappa shape index (κ1) is 10.8. The highest BCUT2D eigenvalue weighted by Gasteiger charge is 2.13. The van der Waals surface area contributed by atoms with E-state index in [-0.39, 0.29) is 12.5 Å².